The molecule has 152 valence electrons. The molecule has 2 aromatic rings. The standard InChI is InChI=1S/C20H24F3N3O2/c1-13-5-6-14(16(9-13)20(21,22)23)10-15-11-24-17-12-25(7-8-26(15)17)18(27)28-19(2,3)4/h5-6,9,11H,7-8,10,12H2,1-4H3. The summed E-state index contributed by atoms with van der Waals surface area (Å²) in [4.78, 5) is 18.1. The number of imidazole rings is 1. The molecule has 0 saturated carbocycles. The molecule has 0 bridgehead atoms. The number of amides is 1. The van der Waals surface area contributed by atoms with Gasteiger partial charge in [-0.05, 0) is 39.3 Å². The molecule has 3 rings (SSSR count). The maximum absolute atomic E-state index is 13.4. The Morgan fingerprint density at radius 2 is 1.93 bits per heavy atom. The number of benzene rings is 1. The second-order valence-electron chi connectivity index (χ2n) is 8.05. The summed E-state index contributed by atoms with van der Waals surface area (Å²) in [6.45, 7) is 8.21. The fourth-order valence-corrected chi connectivity index (χ4v) is 3.25. The number of fused-ring (bicyclic) bond motifs is 1. The lowest BCUT2D eigenvalue weighted by molar-refractivity contribution is -0.138. The van der Waals surface area contributed by atoms with E-state index in [2.05, 4.69) is 4.98 Å². The van der Waals surface area contributed by atoms with Crippen molar-refractivity contribution in [2.24, 2.45) is 0 Å². The van der Waals surface area contributed by atoms with E-state index in [9.17, 15) is 18.0 Å². The molecule has 0 fully saturated rings. The maximum Gasteiger partial charge on any atom is 0.416 e. The Hall–Kier alpha value is -2.51. The third kappa shape index (κ3) is 4.48. The minimum absolute atomic E-state index is 0.133. The van der Waals surface area contributed by atoms with Gasteiger partial charge in [0.25, 0.3) is 0 Å². The van der Waals surface area contributed by atoms with Crippen molar-refractivity contribution in [3.63, 3.8) is 0 Å². The number of alkyl halides is 3. The molecule has 2 heterocycles. The van der Waals surface area contributed by atoms with Crippen LogP contribution in [0.2, 0.25) is 0 Å². The summed E-state index contributed by atoms with van der Waals surface area (Å²) < 4.78 is 47.4. The van der Waals surface area contributed by atoms with Gasteiger partial charge in [0.2, 0.25) is 0 Å². The van der Waals surface area contributed by atoms with Crippen LogP contribution in [0.25, 0.3) is 0 Å². The number of halogens is 3. The van der Waals surface area contributed by atoms with Crippen LogP contribution < -0.4 is 0 Å². The zero-order valence-corrected chi connectivity index (χ0v) is 16.4. The highest BCUT2D eigenvalue weighted by Crippen LogP contribution is 2.34. The third-order valence-electron chi connectivity index (χ3n) is 4.54. The molecule has 0 aliphatic carbocycles. The van der Waals surface area contributed by atoms with E-state index in [0.29, 0.717) is 30.2 Å². The summed E-state index contributed by atoms with van der Waals surface area (Å²) >= 11 is 0. The zero-order valence-electron chi connectivity index (χ0n) is 16.4. The van der Waals surface area contributed by atoms with Gasteiger partial charge in [-0.25, -0.2) is 9.78 Å². The van der Waals surface area contributed by atoms with Crippen molar-refractivity contribution >= 4 is 6.09 Å². The van der Waals surface area contributed by atoms with Crippen LogP contribution >= 0.6 is 0 Å². The maximum atomic E-state index is 13.4. The van der Waals surface area contributed by atoms with Gasteiger partial charge in [0.1, 0.15) is 11.4 Å². The van der Waals surface area contributed by atoms with E-state index in [1.165, 1.54) is 12.1 Å². The first-order chi connectivity index (χ1) is 12.9. The van der Waals surface area contributed by atoms with E-state index in [4.69, 9.17) is 4.74 Å². The summed E-state index contributed by atoms with van der Waals surface area (Å²) in [5.74, 6) is 0.646. The SMILES string of the molecule is Cc1ccc(Cc2cnc3n2CCN(C(=O)OC(C)(C)C)C3)c(C(F)(F)F)c1. The molecule has 1 aromatic carbocycles. The highest BCUT2D eigenvalue weighted by atomic mass is 19.4. The number of rotatable bonds is 2. The van der Waals surface area contributed by atoms with Gasteiger partial charge in [0.15, 0.2) is 0 Å². The molecule has 0 saturated heterocycles. The van der Waals surface area contributed by atoms with Crippen LogP contribution in [0.4, 0.5) is 18.0 Å². The number of carbonyl (C=O) groups excluding carboxylic acids is 1. The number of aromatic nitrogens is 2. The highest BCUT2D eigenvalue weighted by Gasteiger charge is 2.34. The number of hydrogen-bond acceptors (Lipinski definition) is 3. The quantitative estimate of drug-likeness (QED) is 0.749. The summed E-state index contributed by atoms with van der Waals surface area (Å²) in [6, 6.07) is 4.38. The van der Waals surface area contributed by atoms with Crippen LogP contribution in [0, 0.1) is 6.92 Å². The first-order valence-electron chi connectivity index (χ1n) is 9.12. The van der Waals surface area contributed by atoms with E-state index < -0.39 is 23.4 Å². The lowest BCUT2D eigenvalue weighted by Crippen LogP contribution is -2.41. The van der Waals surface area contributed by atoms with Crippen LogP contribution in [-0.2, 0) is 30.4 Å². The zero-order chi connectivity index (χ0) is 20.7. The highest BCUT2D eigenvalue weighted by molar-refractivity contribution is 5.68. The van der Waals surface area contributed by atoms with E-state index in [0.717, 1.165) is 0 Å². The first-order valence-corrected chi connectivity index (χ1v) is 9.12. The molecular formula is C20H24F3N3O2. The molecule has 0 radical (unpaired) electrons. The van der Waals surface area contributed by atoms with Crippen molar-refractivity contribution in [1.29, 1.82) is 0 Å². The molecule has 0 atom stereocenters. The van der Waals surface area contributed by atoms with Gasteiger partial charge in [0, 0.05) is 31.4 Å². The molecule has 1 amide bonds. The van der Waals surface area contributed by atoms with Crippen LogP contribution in [0.5, 0.6) is 0 Å². The minimum Gasteiger partial charge on any atom is -0.444 e. The molecular weight excluding hydrogens is 371 g/mol. The van der Waals surface area contributed by atoms with E-state index >= 15 is 0 Å². The van der Waals surface area contributed by atoms with Gasteiger partial charge in [-0.3, -0.25) is 4.90 Å². The van der Waals surface area contributed by atoms with Gasteiger partial charge >= 0.3 is 12.3 Å². The lowest BCUT2D eigenvalue weighted by Gasteiger charge is -2.31. The van der Waals surface area contributed by atoms with Crippen LogP contribution in [-0.4, -0.2) is 32.7 Å². The Balaban J connectivity index is 1.80. The average molecular weight is 395 g/mol. The normalized spacial score (nSPS) is 14.8. The number of aryl methyl sites for hydroxylation is 1. The Morgan fingerprint density at radius 3 is 2.57 bits per heavy atom. The fraction of sp³-hybridized carbons (Fsp3) is 0.500. The lowest BCUT2D eigenvalue weighted by atomic mass is 10.00. The molecule has 0 spiro atoms. The Bertz CT molecular complexity index is 882. The van der Waals surface area contributed by atoms with E-state index in [1.807, 2.05) is 4.57 Å². The average Bonchev–Trinajstić information content (AvgIpc) is 2.96. The van der Waals surface area contributed by atoms with Gasteiger partial charge in [-0.2, -0.15) is 13.2 Å². The largest absolute Gasteiger partial charge is 0.444 e. The molecule has 1 aromatic heterocycles. The minimum atomic E-state index is -4.40. The van der Waals surface area contributed by atoms with Crippen molar-refractivity contribution in [1.82, 2.24) is 14.5 Å². The predicted octanol–water partition coefficient (Wildman–Crippen LogP) is 4.55. The Kier molecular flexibility index (Phi) is 5.16. The molecule has 5 nitrogen and oxygen atoms in total. The summed E-state index contributed by atoms with van der Waals surface area (Å²) in [5.41, 5.74) is 0.284. The molecule has 1 aliphatic heterocycles. The topological polar surface area (TPSA) is 47.4 Å². The second-order valence-corrected chi connectivity index (χ2v) is 8.05. The van der Waals surface area contributed by atoms with E-state index in [-0.39, 0.29) is 18.5 Å². The van der Waals surface area contributed by atoms with Crippen LogP contribution in [0.15, 0.2) is 24.4 Å². The van der Waals surface area contributed by atoms with Crippen molar-refractivity contribution in [3.8, 4) is 0 Å². The van der Waals surface area contributed by atoms with Crippen molar-refractivity contribution < 1.29 is 22.7 Å². The number of ether oxygens (including phenoxy) is 1. The third-order valence-corrected chi connectivity index (χ3v) is 4.54. The van der Waals surface area contributed by atoms with Crippen molar-refractivity contribution in [3.05, 3.63) is 52.6 Å². The second kappa shape index (κ2) is 7.14. The predicted molar refractivity (Wildman–Crippen MR) is 97.9 cm³/mol. The summed E-state index contributed by atoms with van der Waals surface area (Å²) in [5, 5.41) is 0. The molecule has 0 unspecified atom stereocenters. The van der Waals surface area contributed by atoms with Crippen LogP contribution in [0.1, 0.15) is 49.0 Å². The number of hydrogen-bond donors (Lipinski definition) is 0. The molecule has 8 heteroatoms. The smallest absolute Gasteiger partial charge is 0.416 e. The fourth-order valence-electron chi connectivity index (χ4n) is 3.25. The number of nitrogens with zero attached hydrogens (tertiary/aromatic N) is 3. The number of carbonyl (C=O) groups is 1. The van der Waals surface area contributed by atoms with E-state index in [1.54, 1.807) is 44.9 Å². The van der Waals surface area contributed by atoms with Gasteiger partial charge in [-0.1, -0.05) is 17.7 Å². The van der Waals surface area contributed by atoms with Crippen LogP contribution in [0.3, 0.4) is 0 Å². The Morgan fingerprint density at radius 1 is 1.21 bits per heavy atom. The van der Waals surface area contributed by atoms with Crippen molar-refractivity contribution in [2.75, 3.05) is 6.54 Å². The summed E-state index contributed by atoms with van der Waals surface area (Å²) in [7, 11) is 0. The molecule has 28 heavy (non-hydrogen) atoms. The van der Waals surface area contributed by atoms with Gasteiger partial charge in [0.05, 0.1) is 12.1 Å². The first kappa shape index (κ1) is 20.2. The molecule has 0 N–H and O–H groups in total. The van der Waals surface area contributed by atoms with Crippen molar-refractivity contribution in [2.45, 2.75) is 59.0 Å². The van der Waals surface area contributed by atoms with Gasteiger partial charge in [-0.15, -0.1) is 0 Å². The monoisotopic (exact) mass is 395 g/mol. The van der Waals surface area contributed by atoms with Gasteiger partial charge < -0.3 is 9.30 Å². The molecule has 1 aliphatic rings. The Labute approximate surface area is 162 Å². The summed E-state index contributed by atoms with van der Waals surface area (Å²) in [6.07, 6.45) is -3.09.